The summed E-state index contributed by atoms with van der Waals surface area (Å²) in [5.41, 5.74) is 12.1. The fraction of sp³-hybridized carbons (Fsp3) is 0.633. The second-order valence-electron chi connectivity index (χ2n) is 27.0. The predicted octanol–water partition coefficient (Wildman–Crippen LogP) is 0.364. The molecule has 0 aromatic carbocycles. The van der Waals surface area contributed by atoms with Crippen LogP contribution >= 0.6 is 42.9 Å². The van der Waals surface area contributed by atoms with Crippen LogP contribution in [0.5, 0.6) is 0 Å². The fourth-order valence-corrected chi connectivity index (χ4v) is 19.6. The lowest BCUT2D eigenvalue weighted by atomic mass is 9.89. The van der Waals surface area contributed by atoms with Crippen molar-refractivity contribution in [2.24, 2.45) is 17.8 Å². The number of nitrogen functional groups attached to an aromatic ring is 3. The van der Waals surface area contributed by atoms with Gasteiger partial charge in [0.25, 0.3) is 16.7 Å². The van der Waals surface area contributed by atoms with Gasteiger partial charge in [0.15, 0.2) is 18.0 Å². The Balaban J connectivity index is 0.810. The topological polar surface area (TPSA) is 579 Å². The molecule has 11 heterocycles. The molecule has 44 nitrogen and oxygen atoms in total. The summed E-state index contributed by atoms with van der Waals surface area (Å²) in [6.07, 6.45) is -11.6. The van der Waals surface area contributed by atoms with E-state index >= 15 is 0 Å². The number of aliphatic hydroxyl groups is 1. The van der Waals surface area contributed by atoms with E-state index in [1.54, 1.807) is 13.8 Å². The van der Waals surface area contributed by atoms with E-state index in [9.17, 15) is 57.8 Å². The van der Waals surface area contributed by atoms with Crippen molar-refractivity contribution >= 4 is 125 Å². The number of hydrogen-bond acceptors (Lipinski definition) is 38. The number of nitrogens with one attached hydrogen (secondary N) is 4. The van der Waals surface area contributed by atoms with Gasteiger partial charge in [-0.1, -0.05) is 39.5 Å². The van der Waals surface area contributed by atoms with Crippen molar-refractivity contribution in [1.29, 1.82) is 0 Å². The number of amides is 1. The maximum atomic E-state index is 14.7. The minimum atomic E-state index is -4.87. The molecule has 0 saturated carbocycles. The summed E-state index contributed by atoms with van der Waals surface area (Å²) in [5, 5.41) is 13.0. The van der Waals surface area contributed by atoms with Gasteiger partial charge in [0.1, 0.15) is 73.9 Å². The number of aliphatic hydroxyl groups excluding tert-OH is 1. The van der Waals surface area contributed by atoms with E-state index < -0.39 is 179 Å². The van der Waals surface area contributed by atoms with Gasteiger partial charge in [-0.2, -0.15) is 15.0 Å². The molecular formula is C60H83BrN16O28P4S4-2. The highest BCUT2D eigenvalue weighted by Crippen LogP contribution is 2.57. The number of hydrogen-bond donors (Lipinski definition) is 9. The molecule has 19 atom stereocenters. The van der Waals surface area contributed by atoms with E-state index in [-0.39, 0.29) is 134 Å². The number of aryl methyl sites for hydroxylation is 1. The van der Waals surface area contributed by atoms with E-state index in [2.05, 4.69) is 56.1 Å². The number of fused-ring (bicyclic) bond motifs is 1. The molecule has 5 fully saturated rings. The lowest BCUT2D eigenvalue weighted by Gasteiger charge is -2.34. The number of carbonyl (C=O) groups is 1. The van der Waals surface area contributed by atoms with Gasteiger partial charge in [-0.25, -0.2) is 24.2 Å². The van der Waals surface area contributed by atoms with Crippen LogP contribution in [0.3, 0.4) is 0 Å². The molecule has 4 unspecified atom stereocenters. The predicted molar refractivity (Wildman–Crippen MR) is 410 cm³/mol. The quantitative estimate of drug-likeness (QED) is 0.0144. The molecule has 0 radical (unpaired) electrons. The number of anilines is 3. The zero-order valence-corrected chi connectivity index (χ0v) is 69.2. The van der Waals surface area contributed by atoms with Crippen molar-refractivity contribution in [1.82, 2.24) is 63.0 Å². The van der Waals surface area contributed by atoms with Crippen LogP contribution in [0.1, 0.15) is 96.5 Å². The molecule has 6 aromatic rings. The molecule has 113 heavy (non-hydrogen) atoms. The zero-order valence-electron chi connectivity index (χ0n) is 60.7. The molecule has 5 aliphatic rings. The first-order chi connectivity index (χ1) is 53.4. The SMILES string of the molecule is Cc1cn([C@H]2C[C@@H](OP(=S)(OCCOCCOCCNC(=O)C(C)C)OC[C@H]3O[C@@H](n4ccc(N)nc4=O)C[C@H]3C(C)C)[C@@H](COP(O)(=S)O[C@@H]3C[C@H](n4cnc5c(=O)[nH]c(N)nc54)O[C@@H]3COP(=O)([S-])O[C@@H]3C[C@H](n4ccc(N)nc4=O)O[C@@H]3COP([O-])(=S)O[C@@H]3C[C@H](n4cc(Br)c(=O)[nH]c4=O)O[C@@H]3CO)O2)c(=O)[nH]c1=O. The maximum absolute atomic E-state index is 14.7. The van der Waals surface area contributed by atoms with Gasteiger partial charge in [-0.3, -0.25) is 61.5 Å². The van der Waals surface area contributed by atoms with Gasteiger partial charge in [-0.15, -0.1) is 0 Å². The summed E-state index contributed by atoms with van der Waals surface area (Å²) in [6.45, 7) is -12.1. The summed E-state index contributed by atoms with van der Waals surface area (Å²) in [7, 11) is 0. The number of nitrogens with zero attached hydrogens (tertiary/aromatic N) is 9. The molecule has 0 aliphatic carbocycles. The zero-order chi connectivity index (χ0) is 81.6. The Labute approximate surface area is 669 Å². The number of halogens is 1. The van der Waals surface area contributed by atoms with E-state index in [0.717, 1.165) is 19.9 Å². The van der Waals surface area contributed by atoms with Crippen molar-refractivity contribution in [3.05, 3.63) is 126 Å². The van der Waals surface area contributed by atoms with Crippen molar-refractivity contribution in [2.75, 3.05) is 89.8 Å². The van der Waals surface area contributed by atoms with Gasteiger partial charge < -0.3 is 124 Å². The summed E-state index contributed by atoms with van der Waals surface area (Å²) < 4.78 is 118. The van der Waals surface area contributed by atoms with Crippen molar-refractivity contribution in [3.63, 3.8) is 0 Å². The van der Waals surface area contributed by atoms with Crippen LogP contribution in [0, 0.1) is 24.7 Å². The Hall–Kier alpha value is -5.41. The minimum Gasteiger partial charge on any atom is -0.780 e. The number of aromatic amines is 3. The van der Waals surface area contributed by atoms with Crippen LogP contribution in [0.25, 0.3) is 11.2 Å². The largest absolute Gasteiger partial charge is 0.780 e. The van der Waals surface area contributed by atoms with Gasteiger partial charge >= 0.3 is 36.2 Å². The Morgan fingerprint density at radius 3 is 1.74 bits per heavy atom. The molecule has 12 N–H and O–H groups in total. The van der Waals surface area contributed by atoms with Gasteiger partial charge in [0.05, 0.1) is 107 Å². The third-order valence-electron chi connectivity index (χ3n) is 18.4. The average molecular weight is 1810 g/mol. The van der Waals surface area contributed by atoms with E-state index in [4.69, 9.17) is 139 Å². The normalized spacial score (nSPS) is 27.5. The van der Waals surface area contributed by atoms with Gasteiger partial charge in [0.2, 0.25) is 11.9 Å². The summed E-state index contributed by atoms with van der Waals surface area (Å²) in [5.74, 6) is -1.01. The average Bonchev–Trinajstić information content (AvgIpc) is 1.63. The molecule has 0 bridgehead atoms. The van der Waals surface area contributed by atoms with Crippen LogP contribution in [0.2, 0.25) is 0 Å². The van der Waals surface area contributed by atoms with Crippen molar-refractivity contribution in [3.8, 4) is 0 Å². The molecule has 53 heteroatoms. The monoisotopic (exact) mass is 1810 g/mol. The standard InChI is InChI=1S/C60H85BrN16O28P4S4/c1-29(2)32-16-45(73-9-6-43(62)67-57(73)83)98-39(32)24-96-109(113,92-15-14-91-13-12-90-11-8-65-52(79)30(3)4)105-37-20-47(75-21-31(5)53(80)71-59(75)85)100-42(37)27-95-108(89,112)104-36-19-49(77-28-66-50-51(77)69-56(64)70-55(50)82)101-41(36)26-94-107(88,111)103-35-18-46(74-10-7-44(63)68-58(74)84)99-40(35)25-93-106(87,110)102-34-17-48(97-38(34)23-78)76-22-33(61)54(81)72-60(76)86/h6-7,9-10,21-22,28-30,32,34-42,45-49,78H,8,11-20,23-27H2,1-5H3,(H,65,79)(H,87,110)(H,88,111)(H,89,112)(H2,62,67,83)(H2,63,68,84)(H,71,80,85)(H,72,81,86)(H3,64,69,70,82)/p-2/t32-,34+,35+,36+,37+,38+,39+,40+,41+,42+,45+,46+,47+,48+,49+,106?,107?,108?,109?/m0/s1. The third-order valence-corrected chi connectivity index (χ3v) is 26.1. The second kappa shape index (κ2) is 38.1. The number of rotatable bonds is 38. The molecule has 5 aliphatic heterocycles. The Morgan fingerprint density at radius 2 is 1.14 bits per heavy atom. The van der Waals surface area contributed by atoms with Crippen LogP contribution in [0.4, 0.5) is 17.6 Å². The number of carbonyl (C=O) groups excluding carboxylic acids is 1. The summed E-state index contributed by atoms with van der Waals surface area (Å²) in [6, 6.07) is 2.75. The van der Waals surface area contributed by atoms with Crippen molar-refractivity contribution in [2.45, 2.75) is 153 Å². The first-order valence-corrected chi connectivity index (χ1v) is 46.1. The lowest BCUT2D eigenvalue weighted by molar-refractivity contribution is -0.215. The summed E-state index contributed by atoms with van der Waals surface area (Å²) >= 11 is 25.7. The molecule has 6 aromatic heterocycles. The minimum absolute atomic E-state index is 0.0155. The highest BCUT2D eigenvalue weighted by atomic mass is 79.9. The van der Waals surface area contributed by atoms with Gasteiger partial charge in [-0.05, 0) is 76.9 Å². The Kier molecular flexibility index (Phi) is 29.8. The van der Waals surface area contributed by atoms with Crippen LogP contribution in [0.15, 0.2) is 81.3 Å². The van der Waals surface area contributed by atoms with Crippen molar-refractivity contribution < 1.29 is 98.1 Å². The smallest absolute Gasteiger partial charge is 0.351 e. The lowest BCUT2D eigenvalue weighted by Crippen LogP contribution is -2.33. The van der Waals surface area contributed by atoms with E-state index in [0.29, 0.717) is 6.42 Å². The molecule has 0 spiro atoms. The number of nitrogens with two attached hydrogens (primary N) is 3. The highest BCUT2D eigenvalue weighted by Gasteiger charge is 2.48. The van der Waals surface area contributed by atoms with Crippen LogP contribution in [-0.4, -0.2) is 201 Å². The molecule has 11 rings (SSSR count). The number of ether oxygens (including phenoxy) is 7. The first-order valence-electron chi connectivity index (χ1n) is 35.0. The Morgan fingerprint density at radius 1 is 0.637 bits per heavy atom. The molecule has 624 valence electrons. The van der Waals surface area contributed by atoms with Crippen LogP contribution < -0.4 is 66.8 Å². The molecule has 1 amide bonds. The number of H-pyrrole nitrogens is 3. The van der Waals surface area contributed by atoms with E-state index in [1.807, 2.05) is 13.8 Å². The van der Waals surface area contributed by atoms with Gasteiger partial charge in [0, 0.05) is 68.5 Å². The second-order valence-corrected chi connectivity index (χ2v) is 39.0. The molecule has 5 saturated heterocycles. The Bertz CT molecular complexity index is 5040. The number of imidazole rings is 1. The highest BCUT2D eigenvalue weighted by molar-refractivity contribution is 9.10. The third kappa shape index (κ3) is 22.9. The van der Waals surface area contributed by atoms with E-state index in [1.165, 1.54) is 53.1 Å². The van der Waals surface area contributed by atoms with Crippen LogP contribution in [-0.2, 0) is 131 Å². The fourth-order valence-electron chi connectivity index (χ4n) is 12.7. The first kappa shape index (κ1) is 88.4. The maximum Gasteiger partial charge on any atom is 0.351 e. The number of aromatic nitrogens is 12. The summed E-state index contributed by atoms with van der Waals surface area (Å²) in [4.78, 5) is 151. The molecular weight excluding hydrogens is 1720 g/mol.